The standard InChI is InChI=1S/C24H36F2O3/c1-7-10-21-14-12-19(16-29-21)15-28-20(8-2)13-11-17(4)22(9-3)24(26)23(25)18(5)27-6/h7,10-11,13,19,21H,8-9,12,14-16H2,1-6H3/b10-7+,17-11+,20-13+,23-18-,24-22-. The van der Waals surface area contributed by atoms with Crippen LogP contribution in [-0.2, 0) is 14.2 Å². The minimum atomic E-state index is -0.957. The fourth-order valence-corrected chi connectivity index (χ4v) is 3.12. The first-order valence-electron chi connectivity index (χ1n) is 10.4. The van der Waals surface area contributed by atoms with Gasteiger partial charge in [-0.05, 0) is 57.3 Å². The third kappa shape index (κ3) is 8.17. The van der Waals surface area contributed by atoms with E-state index >= 15 is 0 Å². The van der Waals surface area contributed by atoms with E-state index in [1.807, 2.05) is 26.0 Å². The van der Waals surface area contributed by atoms with Gasteiger partial charge in [-0.1, -0.05) is 32.1 Å². The zero-order chi connectivity index (χ0) is 21.8. The second kappa shape index (κ2) is 13.4. The van der Waals surface area contributed by atoms with Gasteiger partial charge in [-0.3, -0.25) is 0 Å². The van der Waals surface area contributed by atoms with Crippen molar-refractivity contribution in [1.82, 2.24) is 0 Å². The quantitative estimate of drug-likeness (QED) is 0.218. The highest BCUT2D eigenvalue weighted by Gasteiger charge is 2.20. The Morgan fingerprint density at radius 2 is 1.79 bits per heavy atom. The van der Waals surface area contributed by atoms with Crippen LogP contribution < -0.4 is 0 Å². The van der Waals surface area contributed by atoms with E-state index in [1.165, 1.54) is 14.0 Å². The minimum absolute atomic E-state index is 0.0688. The lowest BCUT2D eigenvalue weighted by Crippen LogP contribution is -2.27. The fraction of sp³-hybridized carbons (Fsp3) is 0.583. The number of halogens is 2. The number of allylic oxidation sites excluding steroid dienone is 9. The predicted octanol–water partition coefficient (Wildman–Crippen LogP) is 7.10. The van der Waals surface area contributed by atoms with Crippen LogP contribution in [0.1, 0.15) is 60.3 Å². The maximum atomic E-state index is 14.5. The summed E-state index contributed by atoms with van der Waals surface area (Å²) in [6.45, 7) is 10.3. The van der Waals surface area contributed by atoms with Gasteiger partial charge in [0, 0.05) is 12.3 Å². The van der Waals surface area contributed by atoms with E-state index < -0.39 is 11.7 Å². The Bertz CT molecular complexity index is 664. The molecule has 164 valence electrons. The van der Waals surface area contributed by atoms with Gasteiger partial charge in [0.2, 0.25) is 0 Å². The summed E-state index contributed by atoms with van der Waals surface area (Å²) in [4.78, 5) is 0. The summed E-state index contributed by atoms with van der Waals surface area (Å²) < 4.78 is 45.2. The molecule has 1 fully saturated rings. The Kier molecular flexibility index (Phi) is 11.6. The number of ether oxygens (including phenoxy) is 3. The smallest absolute Gasteiger partial charge is 0.196 e. The molecule has 2 unspecified atom stereocenters. The lowest BCUT2D eigenvalue weighted by molar-refractivity contribution is -0.0126. The van der Waals surface area contributed by atoms with Gasteiger partial charge >= 0.3 is 0 Å². The van der Waals surface area contributed by atoms with Crippen molar-refractivity contribution < 1.29 is 23.0 Å². The topological polar surface area (TPSA) is 27.7 Å². The third-order valence-corrected chi connectivity index (χ3v) is 5.09. The van der Waals surface area contributed by atoms with Crippen molar-refractivity contribution in [3.8, 4) is 0 Å². The molecule has 0 spiro atoms. The van der Waals surface area contributed by atoms with Gasteiger partial charge in [0.05, 0.1) is 32.2 Å². The Hall–Kier alpha value is -1.88. The lowest BCUT2D eigenvalue weighted by atomic mass is 9.99. The first-order chi connectivity index (χ1) is 13.9. The van der Waals surface area contributed by atoms with E-state index in [1.54, 1.807) is 19.9 Å². The van der Waals surface area contributed by atoms with Crippen molar-refractivity contribution in [2.75, 3.05) is 20.3 Å². The van der Waals surface area contributed by atoms with Crippen molar-refractivity contribution in [2.45, 2.75) is 66.4 Å². The van der Waals surface area contributed by atoms with Gasteiger partial charge in [-0.25, -0.2) is 8.78 Å². The van der Waals surface area contributed by atoms with E-state index in [9.17, 15) is 8.78 Å². The van der Waals surface area contributed by atoms with Crippen LogP contribution in [0.2, 0.25) is 0 Å². The molecule has 0 aliphatic carbocycles. The summed E-state index contributed by atoms with van der Waals surface area (Å²) in [7, 11) is 1.32. The summed E-state index contributed by atoms with van der Waals surface area (Å²) in [5, 5.41) is 0. The summed E-state index contributed by atoms with van der Waals surface area (Å²) in [5.41, 5.74) is 0.982. The van der Waals surface area contributed by atoms with Crippen molar-refractivity contribution in [1.29, 1.82) is 0 Å². The van der Waals surface area contributed by atoms with E-state index in [0.717, 1.165) is 25.0 Å². The van der Waals surface area contributed by atoms with Gasteiger partial charge in [0.1, 0.15) is 5.76 Å². The zero-order valence-corrected chi connectivity index (χ0v) is 18.7. The number of methoxy groups -OCH3 is 1. The number of hydrogen-bond acceptors (Lipinski definition) is 3. The summed E-state index contributed by atoms with van der Waals surface area (Å²) in [5.74, 6) is -0.707. The molecule has 3 nitrogen and oxygen atoms in total. The molecule has 1 aliphatic heterocycles. The first kappa shape index (κ1) is 25.2. The van der Waals surface area contributed by atoms with E-state index in [4.69, 9.17) is 14.2 Å². The molecular formula is C24H36F2O3. The molecule has 0 radical (unpaired) electrons. The van der Waals surface area contributed by atoms with Crippen LogP contribution in [0.4, 0.5) is 8.78 Å². The third-order valence-electron chi connectivity index (χ3n) is 5.09. The van der Waals surface area contributed by atoms with Crippen LogP contribution >= 0.6 is 0 Å². The Balaban J connectivity index is 2.79. The minimum Gasteiger partial charge on any atom is -0.498 e. The normalized spacial score (nSPS) is 23.0. The maximum absolute atomic E-state index is 14.5. The van der Waals surface area contributed by atoms with Gasteiger partial charge in [0.15, 0.2) is 11.7 Å². The molecule has 5 heteroatoms. The Morgan fingerprint density at radius 3 is 2.31 bits per heavy atom. The Labute approximate surface area is 174 Å². The van der Waals surface area contributed by atoms with Crippen LogP contribution in [0.3, 0.4) is 0 Å². The summed E-state index contributed by atoms with van der Waals surface area (Å²) >= 11 is 0. The molecule has 0 bridgehead atoms. The maximum Gasteiger partial charge on any atom is 0.196 e. The number of rotatable bonds is 10. The van der Waals surface area contributed by atoms with Crippen LogP contribution in [0.5, 0.6) is 0 Å². The second-order valence-corrected chi connectivity index (χ2v) is 7.21. The molecule has 2 atom stereocenters. The molecular weight excluding hydrogens is 374 g/mol. The molecule has 0 aromatic carbocycles. The molecule has 29 heavy (non-hydrogen) atoms. The largest absolute Gasteiger partial charge is 0.498 e. The molecule has 0 N–H and O–H groups in total. The average Bonchev–Trinajstić information content (AvgIpc) is 2.74. The van der Waals surface area contributed by atoms with Gasteiger partial charge in [0.25, 0.3) is 0 Å². The van der Waals surface area contributed by atoms with Gasteiger partial charge < -0.3 is 14.2 Å². The molecule has 0 saturated carbocycles. The first-order valence-corrected chi connectivity index (χ1v) is 10.4. The monoisotopic (exact) mass is 410 g/mol. The lowest BCUT2D eigenvalue weighted by Gasteiger charge is -2.27. The molecule has 0 aromatic heterocycles. The summed E-state index contributed by atoms with van der Waals surface area (Å²) in [6, 6.07) is 0. The fourth-order valence-electron chi connectivity index (χ4n) is 3.12. The van der Waals surface area contributed by atoms with Gasteiger partial charge in [-0.2, -0.15) is 0 Å². The highest BCUT2D eigenvalue weighted by Crippen LogP contribution is 2.28. The van der Waals surface area contributed by atoms with Crippen LogP contribution in [-0.4, -0.2) is 26.4 Å². The molecule has 1 saturated heterocycles. The molecule has 0 amide bonds. The van der Waals surface area contributed by atoms with E-state index in [0.29, 0.717) is 36.7 Å². The van der Waals surface area contributed by atoms with Crippen molar-refractivity contribution >= 4 is 0 Å². The highest BCUT2D eigenvalue weighted by atomic mass is 19.2. The molecule has 0 aromatic rings. The van der Waals surface area contributed by atoms with Crippen LogP contribution in [0, 0.1) is 5.92 Å². The zero-order valence-electron chi connectivity index (χ0n) is 18.7. The van der Waals surface area contributed by atoms with Crippen LogP contribution in [0.25, 0.3) is 0 Å². The van der Waals surface area contributed by atoms with Crippen molar-refractivity contribution in [3.63, 3.8) is 0 Å². The molecule has 1 rings (SSSR count). The second-order valence-electron chi connectivity index (χ2n) is 7.21. The van der Waals surface area contributed by atoms with Crippen LogP contribution in [0.15, 0.2) is 58.6 Å². The molecule has 1 heterocycles. The Morgan fingerprint density at radius 1 is 1.07 bits per heavy atom. The van der Waals surface area contributed by atoms with Crippen molar-refractivity contribution in [3.05, 3.63) is 58.6 Å². The van der Waals surface area contributed by atoms with Gasteiger partial charge in [-0.15, -0.1) is 0 Å². The highest BCUT2D eigenvalue weighted by molar-refractivity contribution is 5.40. The number of hydrogen-bond donors (Lipinski definition) is 0. The van der Waals surface area contributed by atoms with Crippen molar-refractivity contribution in [2.24, 2.45) is 5.92 Å². The average molecular weight is 411 g/mol. The summed E-state index contributed by atoms with van der Waals surface area (Å²) in [6.07, 6.45) is 11.1. The van der Waals surface area contributed by atoms with E-state index in [-0.39, 0.29) is 11.9 Å². The van der Waals surface area contributed by atoms with E-state index in [2.05, 4.69) is 6.08 Å². The SMILES string of the molecule is C/C=C/C1CCC(CO/C(=C/C=C(C)/C(CC)=C(F)/C(F)=C(\C)OC)CC)CO1. The molecule has 1 aliphatic rings. The predicted molar refractivity (Wildman–Crippen MR) is 115 cm³/mol.